The zero-order valence-electron chi connectivity index (χ0n) is 7.88. The molecule has 0 aliphatic heterocycles. The fourth-order valence-electron chi connectivity index (χ4n) is 2.05. The van der Waals surface area contributed by atoms with Gasteiger partial charge < -0.3 is 0 Å². The van der Waals surface area contributed by atoms with Crippen molar-refractivity contribution in [1.29, 1.82) is 0 Å². The highest BCUT2D eigenvalue weighted by Gasteiger charge is 2.20. The van der Waals surface area contributed by atoms with Gasteiger partial charge in [-0.15, -0.1) is 0 Å². The molecule has 0 aromatic heterocycles. The lowest BCUT2D eigenvalue weighted by molar-refractivity contribution is 0.361. The van der Waals surface area contributed by atoms with E-state index >= 15 is 0 Å². The fraction of sp³-hybridized carbons (Fsp3) is 0.500. The predicted octanol–water partition coefficient (Wildman–Crippen LogP) is 3.06. The molecule has 0 fully saturated rings. The molecule has 0 N–H and O–H groups in total. The van der Waals surface area contributed by atoms with Gasteiger partial charge in [-0.2, -0.15) is 0 Å². The van der Waals surface area contributed by atoms with Crippen LogP contribution in [0.25, 0.3) is 0 Å². The van der Waals surface area contributed by atoms with Crippen LogP contribution < -0.4 is 0 Å². The first kappa shape index (κ1) is 7.85. The van der Waals surface area contributed by atoms with Crippen LogP contribution in [-0.4, -0.2) is 0 Å². The number of benzene rings is 1. The van der Waals surface area contributed by atoms with Crippen molar-refractivity contribution in [2.75, 3.05) is 0 Å². The Morgan fingerprint density at radius 1 is 0.917 bits per heavy atom. The first-order valence-electron chi connectivity index (χ1n) is 4.84. The Bertz CT molecular complexity index is 246. The van der Waals surface area contributed by atoms with Crippen LogP contribution >= 0.6 is 0 Å². The second-order valence-electron chi connectivity index (χ2n) is 4.13. The maximum absolute atomic E-state index is 2.36. The van der Waals surface area contributed by atoms with E-state index in [2.05, 4.69) is 38.1 Å². The minimum atomic E-state index is 0.861. The highest BCUT2D eigenvalue weighted by atomic mass is 14.3. The third-order valence-electron chi connectivity index (χ3n) is 3.17. The van der Waals surface area contributed by atoms with Crippen LogP contribution in [0.15, 0.2) is 24.3 Å². The molecular weight excluding hydrogens is 144 g/mol. The first-order chi connectivity index (χ1) is 5.77. The van der Waals surface area contributed by atoms with Crippen molar-refractivity contribution in [3.8, 4) is 0 Å². The quantitative estimate of drug-likeness (QED) is 0.547. The Labute approximate surface area is 74.6 Å². The van der Waals surface area contributed by atoms with Gasteiger partial charge in [0.1, 0.15) is 0 Å². The van der Waals surface area contributed by atoms with Crippen LogP contribution in [0, 0.1) is 11.8 Å². The molecule has 1 aromatic rings. The van der Waals surface area contributed by atoms with Crippen molar-refractivity contribution in [2.45, 2.75) is 26.7 Å². The van der Waals surface area contributed by atoms with Crippen molar-refractivity contribution in [3.63, 3.8) is 0 Å². The van der Waals surface area contributed by atoms with Gasteiger partial charge in [0.25, 0.3) is 0 Å². The van der Waals surface area contributed by atoms with Gasteiger partial charge in [-0.25, -0.2) is 0 Å². The second kappa shape index (κ2) is 2.93. The zero-order chi connectivity index (χ0) is 8.55. The van der Waals surface area contributed by atoms with E-state index in [0.29, 0.717) is 0 Å². The summed E-state index contributed by atoms with van der Waals surface area (Å²) in [5, 5.41) is 0. The minimum Gasteiger partial charge on any atom is -0.0620 e. The van der Waals surface area contributed by atoms with Gasteiger partial charge in [0, 0.05) is 0 Å². The fourth-order valence-corrected chi connectivity index (χ4v) is 2.05. The van der Waals surface area contributed by atoms with E-state index < -0.39 is 0 Å². The Balaban J connectivity index is 2.34. The molecule has 0 saturated heterocycles. The average molecular weight is 160 g/mol. The SMILES string of the molecule is C[C@@H]1Cc2ccccc2C[C@@H]1C. The molecule has 0 bridgehead atoms. The number of rotatable bonds is 0. The largest absolute Gasteiger partial charge is 0.0620 e. The van der Waals surface area contributed by atoms with E-state index in [1.807, 2.05) is 0 Å². The van der Waals surface area contributed by atoms with E-state index in [1.54, 1.807) is 11.1 Å². The van der Waals surface area contributed by atoms with Crippen LogP contribution in [0.1, 0.15) is 25.0 Å². The van der Waals surface area contributed by atoms with Gasteiger partial charge in [-0.1, -0.05) is 38.1 Å². The van der Waals surface area contributed by atoms with Gasteiger partial charge in [-0.3, -0.25) is 0 Å². The smallest absolute Gasteiger partial charge is 0.0248 e. The molecule has 0 amide bonds. The van der Waals surface area contributed by atoms with Crippen LogP contribution in [0.3, 0.4) is 0 Å². The molecule has 1 aliphatic rings. The van der Waals surface area contributed by atoms with Crippen LogP contribution in [0.2, 0.25) is 0 Å². The lowest BCUT2D eigenvalue weighted by Gasteiger charge is -2.27. The van der Waals surface area contributed by atoms with E-state index in [1.165, 1.54) is 12.8 Å². The van der Waals surface area contributed by atoms with Gasteiger partial charge in [0.2, 0.25) is 0 Å². The molecule has 64 valence electrons. The molecular formula is C12H16. The van der Waals surface area contributed by atoms with E-state index in [9.17, 15) is 0 Å². The van der Waals surface area contributed by atoms with E-state index in [4.69, 9.17) is 0 Å². The monoisotopic (exact) mass is 160 g/mol. The summed E-state index contributed by atoms with van der Waals surface area (Å²) in [6, 6.07) is 8.86. The molecule has 2 rings (SSSR count). The summed E-state index contributed by atoms with van der Waals surface area (Å²) in [7, 11) is 0. The summed E-state index contributed by atoms with van der Waals surface area (Å²) in [6.45, 7) is 4.72. The molecule has 0 heterocycles. The van der Waals surface area contributed by atoms with Gasteiger partial charge in [0.15, 0.2) is 0 Å². The summed E-state index contributed by atoms with van der Waals surface area (Å²) in [5.41, 5.74) is 3.14. The molecule has 12 heavy (non-hydrogen) atoms. The summed E-state index contributed by atoms with van der Waals surface area (Å²) in [6.07, 6.45) is 2.55. The zero-order valence-corrected chi connectivity index (χ0v) is 7.88. The highest BCUT2D eigenvalue weighted by molar-refractivity contribution is 5.30. The van der Waals surface area contributed by atoms with E-state index in [0.717, 1.165) is 11.8 Å². The van der Waals surface area contributed by atoms with E-state index in [-0.39, 0.29) is 0 Å². The third kappa shape index (κ3) is 1.26. The van der Waals surface area contributed by atoms with Crippen molar-refractivity contribution in [1.82, 2.24) is 0 Å². The first-order valence-corrected chi connectivity index (χ1v) is 4.84. The average Bonchev–Trinajstić information content (AvgIpc) is 2.07. The lowest BCUT2D eigenvalue weighted by Crippen LogP contribution is -2.20. The van der Waals surface area contributed by atoms with Crippen molar-refractivity contribution >= 4 is 0 Å². The van der Waals surface area contributed by atoms with Gasteiger partial charge in [-0.05, 0) is 35.8 Å². The standard InChI is InChI=1S/C12H16/c1-9-7-11-5-3-4-6-12(11)8-10(9)2/h3-6,9-10H,7-8H2,1-2H3/t9-,10+. The minimum absolute atomic E-state index is 0.861. The Hall–Kier alpha value is -0.780. The molecule has 0 saturated carbocycles. The summed E-state index contributed by atoms with van der Waals surface area (Å²) in [5.74, 6) is 1.72. The molecule has 0 heteroatoms. The van der Waals surface area contributed by atoms with Gasteiger partial charge >= 0.3 is 0 Å². The molecule has 0 nitrogen and oxygen atoms in total. The van der Waals surface area contributed by atoms with Crippen molar-refractivity contribution in [2.24, 2.45) is 11.8 Å². The summed E-state index contributed by atoms with van der Waals surface area (Å²) in [4.78, 5) is 0. The maximum Gasteiger partial charge on any atom is -0.0248 e. The highest BCUT2D eigenvalue weighted by Crippen LogP contribution is 2.29. The molecule has 1 aliphatic carbocycles. The predicted molar refractivity (Wildman–Crippen MR) is 52.2 cm³/mol. The van der Waals surface area contributed by atoms with Crippen LogP contribution in [-0.2, 0) is 12.8 Å². The molecule has 2 atom stereocenters. The van der Waals surface area contributed by atoms with Crippen LogP contribution in [0.5, 0.6) is 0 Å². The summed E-state index contributed by atoms with van der Waals surface area (Å²) >= 11 is 0. The second-order valence-corrected chi connectivity index (χ2v) is 4.13. The van der Waals surface area contributed by atoms with Crippen LogP contribution in [0.4, 0.5) is 0 Å². The number of fused-ring (bicyclic) bond motifs is 1. The normalized spacial score (nSPS) is 28.2. The number of hydrogen-bond acceptors (Lipinski definition) is 0. The Morgan fingerprint density at radius 2 is 1.33 bits per heavy atom. The Morgan fingerprint density at radius 3 is 1.75 bits per heavy atom. The molecule has 0 spiro atoms. The molecule has 0 unspecified atom stereocenters. The molecule has 1 aromatic carbocycles. The van der Waals surface area contributed by atoms with Crippen molar-refractivity contribution in [3.05, 3.63) is 35.4 Å². The van der Waals surface area contributed by atoms with Crippen molar-refractivity contribution < 1.29 is 0 Å². The topological polar surface area (TPSA) is 0 Å². The Kier molecular flexibility index (Phi) is 1.92. The van der Waals surface area contributed by atoms with Gasteiger partial charge in [0.05, 0.1) is 0 Å². The lowest BCUT2D eigenvalue weighted by atomic mass is 9.78. The maximum atomic E-state index is 2.36. The third-order valence-corrected chi connectivity index (χ3v) is 3.17. The number of hydrogen-bond donors (Lipinski definition) is 0. The molecule has 0 radical (unpaired) electrons. The summed E-state index contributed by atoms with van der Waals surface area (Å²) < 4.78 is 0.